The maximum atomic E-state index is 12.8. The van der Waals surface area contributed by atoms with Gasteiger partial charge in [-0.3, -0.25) is 0 Å². The van der Waals surface area contributed by atoms with Gasteiger partial charge in [0.2, 0.25) is 0 Å². The van der Waals surface area contributed by atoms with Crippen LogP contribution in [0.4, 0.5) is 13.2 Å². The summed E-state index contributed by atoms with van der Waals surface area (Å²) in [6.45, 7) is 3.82. The lowest BCUT2D eigenvalue weighted by molar-refractivity contribution is -0.183. The largest absolute Gasteiger partial charge is 0.445 e. The summed E-state index contributed by atoms with van der Waals surface area (Å²) >= 11 is 0. The highest BCUT2D eigenvalue weighted by Crippen LogP contribution is 2.43. The molecule has 0 bridgehead atoms. The molecule has 1 aliphatic carbocycles. The zero-order chi connectivity index (χ0) is 15.3. The van der Waals surface area contributed by atoms with E-state index >= 15 is 0 Å². The van der Waals surface area contributed by atoms with Crippen LogP contribution in [0, 0.1) is 5.92 Å². The van der Waals surface area contributed by atoms with Crippen LogP contribution in [0.1, 0.15) is 56.6 Å². The number of rotatable bonds is 6. The summed E-state index contributed by atoms with van der Waals surface area (Å²) in [7, 11) is 0. The first-order valence-corrected chi connectivity index (χ1v) is 7.72. The monoisotopic (exact) mass is 304 g/mol. The van der Waals surface area contributed by atoms with Crippen LogP contribution in [-0.2, 0) is 6.42 Å². The Hall–Kier alpha value is -1.04. The van der Waals surface area contributed by atoms with Crippen LogP contribution in [0.2, 0.25) is 0 Å². The third kappa shape index (κ3) is 4.73. The van der Waals surface area contributed by atoms with Crippen molar-refractivity contribution in [2.45, 2.75) is 57.5 Å². The van der Waals surface area contributed by atoms with E-state index in [1.165, 1.54) is 0 Å². The fourth-order valence-corrected chi connectivity index (χ4v) is 2.87. The molecule has 0 aliphatic heterocycles. The highest BCUT2D eigenvalue weighted by Gasteiger charge is 2.43. The minimum absolute atomic E-state index is 0.131. The highest BCUT2D eigenvalue weighted by molar-refractivity contribution is 5.04. The van der Waals surface area contributed by atoms with Crippen LogP contribution in [0.25, 0.3) is 0 Å². The van der Waals surface area contributed by atoms with Crippen molar-refractivity contribution in [3.63, 3.8) is 0 Å². The molecule has 2 rings (SSSR count). The number of oxazole rings is 1. The van der Waals surface area contributed by atoms with Crippen molar-refractivity contribution < 1.29 is 17.6 Å². The number of alkyl halides is 3. The Morgan fingerprint density at radius 1 is 1.33 bits per heavy atom. The third-order valence-electron chi connectivity index (χ3n) is 4.05. The average Bonchev–Trinajstić information content (AvgIpc) is 2.92. The fourth-order valence-electron chi connectivity index (χ4n) is 2.87. The van der Waals surface area contributed by atoms with E-state index in [9.17, 15) is 13.2 Å². The van der Waals surface area contributed by atoms with Crippen molar-refractivity contribution in [2.24, 2.45) is 5.92 Å². The van der Waals surface area contributed by atoms with Crippen LogP contribution in [0.3, 0.4) is 0 Å². The summed E-state index contributed by atoms with van der Waals surface area (Å²) in [6.07, 6.45) is 0.990. The molecular formula is C15H23F3N2O. The minimum Gasteiger partial charge on any atom is -0.445 e. The molecule has 0 saturated heterocycles. The average molecular weight is 304 g/mol. The van der Waals surface area contributed by atoms with Gasteiger partial charge in [-0.25, -0.2) is 4.98 Å². The first kappa shape index (κ1) is 16.3. The van der Waals surface area contributed by atoms with E-state index in [0.29, 0.717) is 24.5 Å². The topological polar surface area (TPSA) is 38.1 Å². The van der Waals surface area contributed by atoms with Crippen molar-refractivity contribution in [3.05, 3.63) is 17.8 Å². The molecule has 1 heterocycles. The van der Waals surface area contributed by atoms with Crippen molar-refractivity contribution in [2.75, 3.05) is 13.1 Å². The van der Waals surface area contributed by atoms with Crippen LogP contribution in [-0.4, -0.2) is 24.2 Å². The normalized spacial score (nSPS) is 23.4. The molecule has 2 atom stereocenters. The molecule has 0 spiro atoms. The summed E-state index contributed by atoms with van der Waals surface area (Å²) in [4.78, 5) is 4.19. The predicted octanol–water partition coefficient (Wildman–Crippen LogP) is 4.05. The molecule has 0 radical (unpaired) electrons. The zero-order valence-corrected chi connectivity index (χ0v) is 12.4. The summed E-state index contributed by atoms with van der Waals surface area (Å²) in [5.74, 6) is -0.108. The molecule has 1 aromatic rings. The summed E-state index contributed by atoms with van der Waals surface area (Å²) in [5, 5.41) is 3.25. The van der Waals surface area contributed by atoms with Gasteiger partial charge < -0.3 is 9.73 Å². The second-order valence-electron chi connectivity index (χ2n) is 5.76. The Morgan fingerprint density at radius 3 is 2.86 bits per heavy atom. The van der Waals surface area contributed by atoms with E-state index < -0.39 is 12.1 Å². The first-order chi connectivity index (χ1) is 10.0. The molecule has 2 unspecified atom stereocenters. The second kappa shape index (κ2) is 7.29. The van der Waals surface area contributed by atoms with Crippen LogP contribution in [0.5, 0.6) is 0 Å². The number of nitrogens with one attached hydrogen (secondary N) is 1. The van der Waals surface area contributed by atoms with Gasteiger partial charge in [-0.2, -0.15) is 13.2 Å². The molecule has 1 aliphatic rings. The van der Waals surface area contributed by atoms with Crippen LogP contribution < -0.4 is 5.32 Å². The smallest absolute Gasteiger partial charge is 0.391 e. The van der Waals surface area contributed by atoms with E-state index in [2.05, 4.69) is 17.2 Å². The minimum atomic E-state index is -4.09. The lowest BCUT2D eigenvalue weighted by Gasteiger charge is -2.29. The summed E-state index contributed by atoms with van der Waals surface area (Å²) in [5.41, 5.74) is 0. The molecule has 3 nitrogen and oxygen atoms in total. The van der Waals surface area contributed by atoms with Crippen molar-refractivity contribution in [1.29, 1.82) is 0 Å². The maximum Gasteiger partial charge on any atom is 0.391 e. The first-order valence-electron chi connectivity index (χ1n) is 7.72. The van der Waals surface area contributed by atoms with Gasteiger partial charge >= 0.3 is 6.18 Å². The number of hydrogen-bond acceptors (Lipinski definition) is 3. The van der Waals surface area contributed by atoms with Gasteiger partial charge in [0.1, 0.15) is 5.76 Å². The predicted molar refractivity (Wildman–Crippen MR) is 74.1 cm³/mol. The molecule has 120 valence electrons. The van der Waals surface area contributed by atoms with Crippen molar-refractivity contribution in [1.82, 2.24) is 10.3 Å². The van der Waals surface area contributed by atoms with Crippen LogP contribution in [0.15, 0.2) is 10.6 Å². The van der Waals surface area contributed by atoms with E-state index in [0.717, 1.165) is 25.9 Å². The lowest BCUT2D eigenvalue weighted by Crippen LogP contribution is -2.27. The van der Waals surface area contributed by atoms with E-state index in [4.69, 9.17) is 4.42 Å². The van der Waals surface area contributed by atoms with Gasteiger partial charge in [-0.05, 0) is 32.2 Å². The Labute approximate surface area is 123 Å². The molecule has 0 aromatic carbocycles. The van der Waals surface area contributed by atoms with Gasteiger partial charge in [-0.15, -0.1) is 0 Å². The number of nitrogens with zero attached hydrogens (tertiary/aromatic N) is 1. The maximum absolute atomic E-state index is 12.8. The Kier molecular flexibility index (Phi) is 5.67. The van der Waals surface area contributed by atoms with Crippen molar-refractivity contribution >= 4 is 0 Å². The standard InChI is InChI=1S/C15H23F3N2O/c1-2-7-19-8-6-14-20-10-13(21-14)11-4-3-5-12(9-11)15(16,17)18/h10-12,19H,2-9H2,1H3. The molecule has 21 heavy (non-hydrogen) atoms. The number of hydrogen-bond donors (Lipinski definition) is 1. The fraction of sp³-hybridized carbons (Fsp3) is 0.800. The van der Waals surface area contributed by atoms with Crippen LogP contribution >= 0.6 is 0 Å². The SMILES string of the molecule is CCCNCCc1ncc(C2CCCC(C(F)(F)F)C2)o1. The van der Waals surface area contributed by atoms with E-state index in [1.54, 1.807) is 6.20 Å². The molecule has 1 N–H and O–H groups in total. The molecule has 1 aromatic heterocycles. The Bertz CT molecular complexity index is 431. The molecule has 1 saturated carbocycles. The lowest BCUT2D eigenvalue weighted by atomic mass is 9.80. The Balaban J connectivity index is 1.88. The highest BCUT2D eigenvalue weighted by atomic mass is 19.4. The van der Waals surface area contributed by atoms with E-state index in [1.807, 2.05) is 0 Å². The number of halogens is 3. The van der Waals surface area contributed by atoms with Gasteiger partial charge in [0, 0.05) is 18.9 Å². The van der Waals surface area contributed by atoms with Crippen molar-refractivity contribution in [3.8, 4) is 0 Å². The Morgan fingerprint density at radius 2 is 2.14 bits per heavy atom. The summed E-state index contributed by atoms with van der Waals surface area (Å²) < 4.78 is 44.1. The van der Waals surface area contributed by atoms with Gasteiger partial charge in [0.05, 0.1) is 12.1 Å². The molecule has 6 heteroatoms. The second-order valence-corrected chi connectivity index (χ2v) is 5.76. The van der Waals surface area contributed by atoms with Gasteiger partial charge in [0.25, 0.3) is 0 Å². The van der Waals surface area contributed by atoms with Gasteiger partial charge in [-0.1, -0.05) is 13.3 Å². The quantitative estimate of drug-likeness (QED) is 0.806. The number of aromatic nitrogens is 1. The molecule has 1 fully saturated rings. The molecular weight excluding hydrogens is 281 g/mol. The van der Waals surface area contributed by atoms with Gasteiger partial charge in [0.15, 0.2) is 5.89 Å². The summed E-state index contributed by atoms with van der Waals surface area (Å²) in [6, 6.07) is 0. The van der Waals surface area contributed by atoms with E-state index in [-0.39, 0.29) is 18.8 Å². The zero-order valence-electron chi connectivity index (χ0n) is 12.4. The molecule has 0 amide bonds. The third-order valence-corrected chi connectivity index (χ3v) is 4.05.